The van der Waals surface area contributed by atoms with Gasteiger partial charge >= 0.3 is 0 Å². The molecule has 0 aromatic heterocycles. The van der Waals surface area contributed by atoms with Crippen LogP contribution in [0.3, 0.4) is 0 Å². The normalized spacial score (nSPS) is 18.7. The molecular formula is C29H28Cl2N4O2. The molecule has 1 N–H and O–H groups in total. The zero-order valence-electron chi connectivity index (χ0n) is 20.5. The lowest BCUT2D eigenvalue weighted by atomic mass is 10.0. The summed E-state index contributed by atoms with van der Waals surface area (Å²) >= 11 is 12.4. The number of carbonyl (C=O) groups excluding carboxylic acids is 2. The third-order valence-electron chi connectivity index (χ3n) is 6.97. The number of hydrogen-bond donors (Lipinski definition) is 1. The van der Waals surface area contributed by atoms with Crippen LogP contribution in [0.5, 0.6) is 0 Å². The predicted molar refractivity (Wildman–Crippen MR) is 149 cm³/mol. The molecule has 2 atom stereocenters. The van der Waals surface area contributed by atoms with Crippen LogP contribution in [-0.4, -0.2) is 54.8 Å². The number of nitrogens with zero attached hydrogens (tertiary/aromatic N) is 3. The van der Waals surface area contributed by atoms with Gasteiger partial charge in [0, 0.05) is 18.2 Å². The molecule has 3 aromatic rings. The molecule has 37 heavy (non-hydrogen) atoms. The summed E-state index contributed by atoms with van der Waals surface area (Å²) < 4.78 is 0. The van der Waals surface area contributed by atoms with Gasteiger partial charge in [-0.3, -0.25) is 14.5 Å². The number of likely N-dealkylation sites (tertiary alicyclic amines) is 1. The molecule has 1 fully saturated rings. The van der Waals surface area contributed by atoms with Gasteiger partial charge in [0.1, 0.15) is 0 Å². The molecule has 0 radical (unpaired) electrons. The summed E-state index contributed by atoms with van der Waals surface area (Å²) in [6, 6.07) is 22.4. The van der Waals surface area contributed by atoms with Gasteiger partial charge in [0.25, 0.3) is 5.91 Å². The first-order chi connectivity index (χ1) is 17.9. The molecule has 2 amide bonds. The summed E-state index contributed by atoms with van der Waals surface area (Å²) in [5, 5.41) is 3.91. The van der Waals surface area contributed by atoms with Crippen LogP contribution in [0.15, 0.2) is 77.8 Å². The number of amides is 2. The van der Waals surface area contributed by atoms with Crippen LogP contribution in [0.1, 0.15) is 29.5 Å². The average Bonchev–Trinajstić information content (AvgIpc) is 3.43. The van der Waals surface area contributed by atoms with E-state index in [1.807, 2.05) is 60.7 Å². The highest BCUT2D eigenvalue weighted by Gasteiger charge is 2.35. The Morgan fingerprint density at radius 1 is 1.00 bits per heavy atom. The van der Waals surface area contributed by atoms with E-state index in [0.717, 1.165) is 48.3 Å². The number of para-hydroxylation sites is 1. The van der Waals surface area contributed by atoms with Gasteiger partial charge in [-0.15, -0.1) is 0 Å². The van der Waals surface area contributed by atoms with Crippen molar-refractivity contribution in [1.82, 2.24) is 10.2 Å². The molecule has 3 aromatic carbocycles. The van der Waals surface area contributed by atoms with Crippen LogP contribution in [-0.2, 0) is 16.0 Å². The van der Waals surface area contributed by atoms with Crippen LogP contribution in [0.4, 0.5) is 5.69 Å². The van der Waals surface area contributed by atoms with Crippen molar-refractivity contribution in [2.75, 3.05) is 25.0 Å². The van der Waals surface area contributed by atoms with E-state index in [4.69, 9.17) is 28.2 Å². The van der Waals surface area contributed by atoms with Gasteiger partial charge in [0.2, 0.25) is 12.1 Å². The maximum Gasteiger partial charge on any atom is 0.272 e. The van der Waals surface area contributed by atoms with E-state index < -0.39 is 12.2 Å². The molecule has 190 valence electrons. The Balaban J connectivity index is 1.48. The molecule has 5 rings (SSSR count). The lowest BCUT2D eigenvalue weighted by molar-refractivity contribution is -0.130. The highest BCUT2D eigenvalue weighted by atomic mass is 35.5. The lowest BCUT2D eigenvalue weighted by Crippen LogP contribution is -2.53. The summed E-state index contributed by atoms with van der Waals surface area (Å²) in [6.07, 6.45) is 1.46. The number of halogens is 2. The van der Waals surface area contributed by atoms with Crippen LogP contribution >= 0.6 is 23.2 Å². The maximum atomic E-state index is 13.8. The maximum absolute atomic E-state index is 13.8. The Bertz CT molecular complexity index is 1340. The van der Waals surface area contributed by atoms with Crippen molar-refractivity contribution in [1.29, 1.82) is 0 Å². The molecule has 0 unspecified atom stereocenters. The van der Waals surface area contributed by atoms with Gasteiger partial charge in [-0.25, -0.2) is 4.99 Å². The first-order valence-corrected chi connectivity index (χ1v) is 13.2. The third kappa shape index (κ3) is 5.42. The fraction of sp³-hybridized carbons (Fsp3) is 0.276. The quantitative estimate of drug-likeness (QED) is 0.486. The Labute approximate surface area is 226 Å². The van der Waals surface area contributed by atoms with Crippen LogP contribution < -0.4 is 10.2 Å². The van der Waals surface area contributed by atoms with E-state index in [0.29, 0.717) is 22.2 Å². The molecule has 8 heteroatoms. The van der Waals surface area contributed by atoms with Gasteiger partial charge in [-0.1, -0.05) is 77.8 Å². The SMILES string of the molecule is CN1C(=O)[C@@H](NC(=O)[C@H](Cc2ccc(Cl)c(Cl)c2)N2CCCC2)N=C(c2ccccc2)c2ccccc21. The van der Waals surface area contributed by atoms with E-state index in [1.165, 1.54) is 0 Å². The number of benzodiazepines with no additional fused rings is 1. The first kappa shape index (κ1) is 25.5. The van der Waals surface area contributed by atoms with Crippen molar-refractivity contribution in [3.05, 3.63) is 99.5 Å². The van der Waals surface area contributed by atoms with Crippen LogP contribution in [0.2, 0.25) is 10.0 Å². The highest BCUT2D eigenvalue weighted by molar-refractivity contribution is 6.42. The van der Waals surface area contributed by atoms with Crippen molar-refractivity contribution in [2.24, 2.45) is 4.99 Å². The van der Waals surface area contributed by atoms with Crippen LogP contribution in [0.25, 0.3) is 0 Å². The minimum Gasteiger partial charge on any atom is -0.325 e. The van der Waals surface area contributed by atoms with Gasteiger partial charge in [0.05, 0.1) is 27.5 Å². The van der Waals surface area contributed by atoms with Gasteiger partial charge in [-0.2, -0.15) is 0 Å². The fourth-order valence-electron chi connectivity index (χ4n) is 5.00. The van der Waals surface area contributed by atoms with Crippen molar-refractivity contribution in [3.63, 3.8) is 0 Å². The standard InChI is InChI=1S/C29H28Cl2N4O2/c1-34-24-12-6-5-11-21(24)26(20-9-3-2-4-10-20)32-27(29(34)37)33-28(36)25(35-15-7-8-16-35)18-19-13-14-22(30)23(31)17-19/h2-6,9-14,17,25,27H,7-8,15-16,18H2,1H3,(H,33,36)/t25-,27+/m0/s1. The van der Waals surface area contributed by atoms with Crippen molar-refractivity contribution in [3.8, 4) is 0 Å². The molecule has 0 saturated carbocycles. The second-order valence-corrected chi connectivity index (χ2v) is 10.2. The van der Waals surface area contributed by atoms with E-state index in [1.54, 1.807) is 24.1 Å². The third-order valence-corrected chi connectivity index (χ3v) is 7.71. The Morgan fingerprint density at radius 2 is 1.70 bits per heavy atom. The number of nitrogens with one attached hydrogen (secondary N) is 1. The largest absolute Gasteiger partial charge is 0.325 e. The molecule has 2 aliphatic heterocycles. The molecular weight excluding hydrogens is 507 g/mol. The Morgan fingerprint density at radius 3 is 2.43 bits per heavy atom. The molecule has 0 spiro atoms. The monoisotopic (exact) mass is 534 g/mol. The minimum atomic E-state index is -1.06. The zero-order chi connectivity index (χ0) is 25.9. The molecule has 2 heterocycles. The number of likely N-dealkylation sites (N-methyl/N-ethyl adjacent to an activating group) is 1. The minimum absolute atomic E-state index is 0.234. The van der Waals surface area contributed by atoms with E-state index in [2.05, 4.69) is 10.2 Å². The van der Waals surface area contributed by atoms with Gasteiger partial charge < -0.3 is 10.2 Å². The summed E-state index contributed by atoms with van der Waals surface area (Å²) in [6.45, 7) is 1.64. The predicted octanol–water partition coefficient (Wildman–Crippen LogP) is 4.96. The second kappa shape index (κ2) is 11.1. The van der Waals surface area contributed by atoms with Crippen molar-refractivity contribution >= 4 is 46.4 Å². The summed E-state index contributed by atoms with van der Waals surface area (Å²) in [7, 11) is 1.72. The zero-order valence-corrected chi connectivity index (χ0v) is 22.0. The van der Waals surface area contributed by atoms with E-state index in [-0.39, 0.29) is 11.8 Å². The average molecular weight is 535 g/mol. The second-order valence-electron chi connectivity index (χ2n) is 9.38. The fourth-order valence-corrected chi connectivity index (χ4v) is 5.32. The molecule has 0 bridgehead atoms. The number of rotatable bonds is 6. The molecule has 6 nitrogen and oxygen atoms in total. The van der Waals surface area contributed by atoms with E-state index >= 15 is 0 Å². The van der Waals surface area contributed by atoms with Gasteiger partial charge in [-0.05, 0) is 56.1 Å². The topological polar surface area (TPSA) is 65.0 Å². The smallest absolute Gasteiger partial charge is 0.272 e. The highest BCUT2D eigenvalue weighted by Crippen LogP contribution is 2.28. The number of carbonyl (C=O) groups is 2. The first-order valence-electron chi connectivity index (χ1n) is 12.4. The lowest BCUT2D eigenvalue weighted by Gasteiger charge is -2.28. The van der Waals surface area contributed by atoms with Crippen molar-refractivity contribution < 1.29 is 9.59 Å². The summed E-state index contributed by atoms with van der Waals surface area (Å²) in [5.74, 6) is -0.525. The Kier molecular flexibility index (Phi) is 7.60. The number of aliphatic imine (C=N–C) groups is 1. The van der Waals surface area contributed by atoms with E-state index in [9.17, 15) is 9.59 Å². The summed E-state index contributed by atoms with van der Waals surface area (Å²) in [4.78, 5) is 35.9. The molecule has 1 saturated heterocycles. The van der Waals surface area contributed by atoms with Crippen molar-refractivity contribution in [2.45, 2.75) is 31.5 Å². The van der Waals surface area contributed by atoms with Crippen LogP contribution in [0, 0.1) is 0 Å². The Hall–Kier alpha value is -3.19. The molecule has 0 aliphatic carbocycles. The number of hydrogen-bond acceptors (Lipinski definition) is 4. The number of fused-ring (bicyclic) bond motifs is 1. The summed E-state index contributed by atoms with van der Waals surface area (Å²) in [5.41, 5.74) is 4.05. The van der Waals surface area contributed by atoms with Gasteiger partial charge in [0.15, 0.2) is 0 Å². The molecule has 2 aliphatic rings. The number of anilines is 1. The number of benzene rings is 3.